The summed E-state index contributed by atoms with van der Waals surface area (Å²) < 4.78 is 0. The highest BCUT2D eigenvalue weighted by molar-refractivity contribution is 6.53. The fraction of sp³-hybridized carbons (Fsp3) is 0.250. The van der Waals surface area contributed by atoms with Gasteiger partial charge in [-0.2, -0.15) is 0 Å². The quantitative estimate of drug-likeness (QED) is 0.625. The third-order valence-corrected chi connectivity index (χ3v) is 5.08. The molecule has 138 valence electrons. The maximum absolute atomic E-state index is 12.5. The number of aliphatic hydroxyl groups excluding tert-OH is 1. The highest BCUT2D eigenvalue weighted by Gasteiger charge is 2.39. The number of allylic oxidation sites excluding steroid dienone is 3. The van der Waals surface area contributed by atoms with Crippen LogP contribution < -0.4 is 0 Å². The van der Waals surface area contributed by atoms with Gasteiger partial charge < -0.3 is 10.2 Å². The number of ketones is 3. The van der Waals surface area contributed by atoms with Crippen molar-refractivity contribution in [3.8, 4) is 0 Å². The van der Waals surface area contributed by atoms with Gasteiger partial charge in [-0.15, -0.1) is 4.91 Å². The molecule has 3 rings (SSSR count). The number of benzene rings is 1. The van der Waals surface area contributed by atoms with Gasteiger partial charge in [0.1, 0.15) is 17.0 Å². The van der Waals surface area contributed by atoms with Crippen LogP contribution in [0.4, 0.5) is 5.69 Å². The molecule has 0 aromatic heterocycles. The van der Waals surface area contributed by atoms with E-state index in [1.54, 1.807) is 0 Å². The lowest BCUT2D eigenvalue weighted by molar-refractivity contribution is -0.136. The van der Waals surface area contributed by atoms with Crippen LogP contribution in [0, 0.1) is 4.91 Å². The number of fused-ring (bicyclic) bond motifs is 1. The van der Waals surface area contributed by atoms with E-state index in [0.29, 0.717) is 17.6 Å². The van der Waals surface area contributed by atoms with Crippen molar-refractivity contribution in [1.29, 1.82) is 0 Å². The number of rotatable bonds is 3. The molecule has 2 aliphatic carbocycles. The van der Waals surface area contributed by atoms with Gasteiger partial charge in [0.2, 0.25) is 11.6 Å². The summed E-state index contributed by atoms with van der Waals surface area (Å²) >= 11 is 0. The average Bonchev–Trinajstić information content (AvgIpc) is 2.65. The van der Waals surface area contributed by atoms with Crippen molar-refractivity contribution in [2.75, 3.05) is 0 Å². The van der Waals surface area contributed by atoms with Crippen molar-refractivity contribution in [3.63, 3.8) is 0 Å². The number of carbonyl (C=O) groups excluding carboxylic acids is 3. The van der Waals surface area contributed by atoms with Crippen molar-refractivity contribution in [2.45, 2.75) is 31.8 Å². The predicted molar refractivity (Wildman–Crippen MR) is 97.5 cm³/mol. The molecular formula is C20H17NO6. The molecule has 2 aliphatic rings. The van der Waals surface area contributed by atoms with Gasteiger partial charge in [-0.3, -0.25) is 14.4 Å². The van der Waals surface area contributed by atoms with Crippen molar-refractivity contribution < 1.29 is 24.6 Å². The Morgan fingerprint density at radius 3 is 2.63 bits per heavy atom. The molecule has 7 heteroatoms. The van der Waals surface area contributed by atoms with Crippen LogP contribution in [0.1, 0.15) is 42.1 Å². The number of aliphatic hydroxyl groups is 2. The third-order valence-electron chi connectivity index (χ3n) is 5.08. The molecule has 0 aliphatic heterocycles. The second-order valence-electron chi connectivity index (χ2n) is 6.75. The van der Waals surface area contributed by atoms with Crippen LogP contribution in [0.25, 0.3) is 5.76 Å². The zero-order valence-corrected chi connectivity index (χ0v) is 14.6. The largest absolute Gasteiger partial charge is 0.506 e. The van der Waals surface area contributed by atoms with Crippen LogP contribution in [0.15, 0.2) is 52.8 Å². The fourth-order valence-electron chi connectivity index (χ4n) is 3.35. The second kappa shape index (κ2) is 6.51. The Labute approximate surface area is 154 Å². The average molecular weight is 367 g/mol. The molecular weight excluding hydrogens is 350 g/mol. The fourth-order valence-corrected chi connectivity index (χ4v) is 3.35. The van der Waals surface area contributed by atoms with E-state index in [2.05, 4.69) is 11.8 Å². The third kappa shape index (κ3) is 2.96. The summed E-state index contributed by atoms with van der Waals surface area (Å²) in [6, 6.07) is 4.05. The van der Waals surface area contributed by atoms with Crippen LogP contribution >= 0.6 is 0 Å². The van der Waals surface area contributed by atoms with E-state index in [1.807, 2.05) is 0 Å². The number of carbonyl (C=O) groups is 3. The standard InChI is InChI=1S/C20H17NO6/c1-10-6-7-20(26,11(2)22)9-12(10)8-14-17(23)16-13(18(24)19(14)25)4-3-5-15(16)21-27/h3-5,8,23,26H,1,6-7,9H2,2H3/b12-8-. The molecule has 0 radical (unpaired) electrons. The number of Topliss-reactive ketones (excluding diaryl/α,β-unsaturated/α-hetero) is 3. The van der Waals surface area contributed by atoms with Gasteiger partial charge in [0.05, 0.1) is 11.1 Å². The minimum atomic E-state index is -1.58. The first-order valence-electron chi connectivity index (χ1n) is 8.30. The highest BCUT2D eigenvalue weighted by Crippen LogP contribution is 2.39. The summed E-state index contributed by atoms with van der Waals surface area (Å²) in [7, 11) is 0. The summed E-state index contributed by atoms with van der Waals surface area (Å²) in [5.41, 5.74) is -1.28. The second-order valence-corrected chi connectivity index (χ2v) is 6.75. The van der Waals surface area contributed by atoms with E-state index >= 15 is 0 Å². The molecule has 0 spiro atoms. The van der Waals surface area contributed by atoms with Crippen molar-refractivity contribution in [3.05, 3.63) is 63.6 Å². The molecule has 1 atom stereocenters. The van der Waals surface area contributed by atoms with Crippen molar-refractivity contribution >= 4 is 28.8 Å². The summed E-state index contributed by atoms with van der Waals surface area (Å²) in [4.78, 5) is 47.7. The Morgan fingerprint density at radius 2 is 2.00 bits per heavy atom. The summed E-state index contributed by atoms with van der Waals surface area (Å²) in [6.07, 6.45) is 1.71. The number of hydrogen-bond donors (Lipinski definition) is 2. The van der Waals surface area contributed by atoms with Crippen LogP contribution in [-0.4, -0.2) is 33.2 Å². The first-order valence-corrected chi connectivity index (χ1v) is 8.30. The minimum absolute atomic E-state index is 0.0835. The predicted octanol–water partition coefficient (Wildman–Crippen LogP) is 3.11. The molecule has 0 saturated heterocycles. The Balaban J connectivity index is 2.17. The number of nitrogens with zero attached hydrogens (tertiary/aromatic N) is 1. The molecule has 1 aromatic rings. The summed E-state index contributed by atoms with van der Waals surface area (Å²) in [5.74, 6) is -2.77. The lowest BCUT2D eigenvalue weighted by Gasteiger charge is -2.32. The van der Waals surface area contributed by atoms with E-state index < -0.39 is 28.7 Å². The van der Waals surface area contributed by atoms with Crippen LogP contribution in [0.5, 0.6) is 0 Å². The van der Waals surface area contributed by atoms with Crippen LogP contribution in [-0.2, 0) is 9.59 Å². The molecule has 27 heavy (non-hydrogen) atoms. The molecule has 1 fully saturated rings. The molecule has 2 N–H and O–H groups in total. The summed E-state index contributed by atoms with van der Waals surface area (Å²) in [5, 5.41) is 23.9. The van der Waals surface area contributed by atoms with Crippen LogP contribution in [0.3, 0.4) is 0 Å². The summed E-state index contributed by atoms with van der Waals surface area (Å²) in [6.45, 7) is 5.15. The lowest BCUT2D eigenvalue weighted by Crippen LogP contribution is -2.40. The van der Waals surface area contributed by atoms with Gasteiger partial charge in [0.25, 0.3) is 0 Å². The first kappa shape index (κ1) is 18.6. The number of nitroso groups, excluding NO2 is 1. The van der Waals surface area contributed by atoms with Gasteiger partial charge >= 0.3 is 0 Å². The van der Waals surface area contributed by atoms with Crippen molar-refractivity contribution in [2.24, 2.45) is 5.18 Å². The molecule has 0 heterocycles. The lowest BCUT2D eigenvalue weighted by atomic mass is 9.76. The van der Waals surface area contributed by atoms with Gasteiger partial charge in [-0.05, 0) is 42.7 Å². The molecule has 1 saturated carbocycles. The van der Waals surface area contributed by atoms with Crippen molar-refractivity contribution in [1.82, 2.24) is 0 Å². The Hall–Kier alpha value is -3.19. The Kier molecular flexibility index (Phi) is 4.49. The smallest absolute Gasteiger partial charge is 0.237 e. The first-order chi connectivity index (χ1) is 12.7. The maximum atomic E-state index is 12.5. The monoisotopic (exact) mass is 367 g/mol. The molecule has 0 amide bonds. The van der Waals surface area contributed by atoms with Gasteiger partial charge in [-0.1, -0.05) is 24.3 Å². The Morgan fingerprint density at radius 1 is 1.30 bits per heavy atom. The van der Waals surface area contributed by atoms with Gasteiger partial charge in [0.15, 0.2) is 5.78 Å². The van der Waals surface area contributed by atoms with E-state index in [0.717, 1.165) is 0 Å². The maximum Gasteiger partial charge on any atom is 0.237 e. The van der Waals surface area contributed by atoms with E-state index in [4.69, 9.17) is 0 Å². The van der Waals surface area contributed by atoms with E-state index in [-0.39, 0.29) is 35.2 Å². The zero-order valence-electron chi connectivity index (χ0n) is 14.6. The topological polar surface area (TPSA) is 121 Å². The van der Waals surface area contributed by atoms with E-state index in [9.17, 15) is 29.5 Å². The zero-order chi connectivity index (χ0) is 19.9. The SMILES string of the molecule is C=C1CCC(O)(C(C)=O)C/C1=C/C1=C(O)c2c(N=O)cccc2C(=O)C1=O. The molecule has 1 unspecified atom stereocenters. The number of hydrogen-bond acceptors (Lipinski definition) is 7. The van der Waals surface area contributed by atoms with Gasteiger partial charge in [-0.25, -0.2) is 0 Å². The molecule has 7 nitrogen and oxygen atoms in total. The van der Waals surface area contributed by atoms with E-state index in [1.165, 1.54) is 31.2 Å². The molecule has 0 bridgehead atoms. The highest BCUT2D eigenvalue weighted by atomic mass is 16.3. The Bertz CT molecular complexity index is 984. The molecule has 1 aromatic carbocycles. The van der Waals surface area contributed by atoms with Crippen LogP contribution in [0.2, 0.25) is 0 Å². The van der Waals surface area contributed by atoms with Gasteiger partial charge in [0, 0.05) is 12.0 Å². The minimum Gasteiger partial charge on any atom is -0.506 e. The normalized spacial score (nSPS) is 24.2.